The number of nitrogens with one attached hydrogen (secondary N) is 2. The summed E-state index contributed by atoms with van der Waals surface area (Å²) in [4.78, 5) is 7.15. The summed E-state index contributed by atoms with van der Waals surface area (Å²) in [6, 6.07) is 2.22. The van der Waals surface area contributed by atoms with E-state index in [0.29, 0.717) is 23.4 Å². The first-order chi connectivity index (χ1) is 7.85. The van der Waals surface area contributed by atoms with Gasteiger partial charge in [0.15, 0.2) is 11.6 Å². The van der Waals surface area contributed by atoms with Gasteiger partial charge in [-0.25, -0.2) is 13.8 Å². The molecule has 0 saturated heterocycles. The number of imidazole rings is 1. The summed E-state index contributed by atoms with van der Waals surface area (Å²) in [5.41, 5.74) is 0.916. The average Bonchev–Trinajstić information content (AvgIpc) is 2.57. The van der Waals surface area contributed by atoms with E-state index in [2.05, 4.69) is 15.3 Å². The zero-order chi connectivity index (χ0) is 12.6. The minimum absolute atomic E-state index is 0.0323. The van der Waals surface area contributed by atoms with Crippen LogP contribution in [0.4, 0.5) is 8.78 Å². The van der Waals surface area contributed by atoms with Crippen LogP contribution < -0.4 is 5.32 Å². The minimum Gasteiger partial charge on any atom is -0.341 e. The van der Waals surface area contributed by atoms with E-state index < -0.39 is 11.6 Å². The quantitative estimate of drug-likeness (QED) is 0.846. The summed E-state index contributed by atoms with van der Waals surface area (Å²) in [6.45, 7) is 6.64. The van der Waals surface area contributed by atoms with Gasteiger partial charge in [-0.05, 0) is 20.8 Å². The molecule has 1 aromatic heterocycles. The molecule has 17 heavy (non-hydrogen) atoms. The molecule has 0 spiro atoms. The van der Waals surface area contributed by atoms with Crippen molar-refractivity contribution in [3.05, 3.63) is 29.6 Å². The van der Waals surface area contributed by atoms with Crippen LogP contribution in [0.5, 0.6) is 0 Å². The number of nitrogens with zero attached hydrogens (tertiary/aromatic N) is 1. The largest absolute Gasteiger partial charge is 0.341 e. The van der Waals surface area contributed by atoms with E-state index in [1.165, 1.54) is 0 Å². The van der Waals surface area contributed by atoms with Crippen molar-refractivity contribution in [1.29, 1.82) is 0 Å². The van der Waals surface area contributed by atoms with Crippen LogP contribution in [-0.2, 0) is 6.54 Å². The molecule has 0 radical (unpaired) electrons. The summed E-state index contributed by atoms with van der Waals surface area (Å²) >= 11 is 0. The standard InChI is InChI=1S/C12H15F2N3/c1-12(2,3)15-6-11-16-9-4-7(13)8(14)5-10(9)17-11/h4-5,15H,6H2,1-3H3,(H,16,17). The molecule has 0 fully saturated rings. The molecule has 0 unspecified atom stereocenters. The molecule has 5 heteroatoms. The first-order valence-electron chi connectivity index (χ1n) is 5.44. The Hall–Kier alpha value is -1.49. The third kappa shape index (κ3) is 2.79. The van der Waals surface area contributed by atoms with E-state index in [9.17, 15) is 8.78 Å². The Morgan fingerprint density at radius 1 is 1.24 bits per heavy atom. The molecule has 2 aromatic rings. The van der Waals surface area contributed by atoms with Crippen molar-refractivity contribution >= 4 is 11.0 Å². The van der Waals surface area contributed by atoms with E-state index in [1.54, 1.807) is 0 Å². The maximum atomic E-state index is 13.0. The second-order valence-corrected chi connectivity index (χ2v) is 5.07. The lowest BCUT2D eigenvalue weighted by Crippen LogP contribution is -2.35. The van der Waals surface area contributed by atoms with Crippen molar-refractivity contribution < 1.29 is 8.78 Å². The van der Waals surface area contributed by atoms with E-state index >= 15 is 0 Å². The molecule has 2 rings (SSSR count). The minimum atomic E-state index is -0.876. The van der Waals surface area contributed by atoms with Crippen LogP contribution in [0.1, 0.15) is 26.6 Å². The smallest absolute Gasteiger partial charge is 0.161 e. The maximum Gasteiger partial charge on any atom is 0.161 e. The van der Waals surface area contributed by atoms with Crippen molar-refractivity contribution in [3.63, 3.8) is 0 Å². The number of aromatic nitrogens is 2. The van der Waals surface area contributed by atoms with Crippen LogP contribution in [-0.4, -0.2) is 15.5 Å². The highest BCUT2D eigenvalue weighted by molar-refractivity contribution is 5.75. The fourth-order valence-electron chi connectivity index (χ4n) is 1.49. The molecule has 1 aromatic carbocycles. The lowest BCUT2D eigenvalue weighted by Gasteiger charge is -2.19. The third-order valence-electron chi connectivity index (χ3n) is 2.36. The number of halogens is 2. The SMILES string of the molecule is CC(C)(C)NCc1nc2cc(F)c(F)cc2[nH]1. The second kappa shape index (κ2) is 4.07. The van der Waals surface area contributed by atoms with E-state index in [-0.39, 0.29) is 5.54 Å². The van der Waals surface area contributed by atoms with Gasteiger partial charge in [0, 0.05) is 17.7 Å². The van der Waals surface area contributed by atoms with Crippen molar-refractivity contribution in [2.45, 2.75) is 32.9 Å². The molecule has 3 nitrogen and oxygen atoms in total. The Balaban J connectivity index is 2.26. The topological polar surface area (TPSA) is 40.7 Å². The van der Waals surface area contributed by atoms with Gasteiger partial charge in [-0.3, -0.25) is 0 Å². The molecule has 0 amide bonds. The van der Waals surface area contributed by atoms with Crippen LogP contribution >= 0.6 is 0 Å². The van der Waals surface area contributed by atoms with Gasteiger partial charge in [0.2, 0.25) is 0 Å². The molecule has 0 bridgehead atoms. The van der Waals surface area contributed by atoms with Gasteiger partial charge in [0.1, 0.15) is 5.82 Å². The number of fused-ring (bicyclic) bond motifs is 1. The van der Waals surface area contributed by atoms with Gasteiger partial charge < -0.3 is 10.3 Å². The van der Waals surface area contributed by atoms with Crippen LogP contribution in [0, 0.1) is 11.6 Å². The molecule has 92 valence electrons. The van der Waals surface area contributed by atoms with Crippen molar-refractivity contribution in [1.82, 2.24) is 15.3 Å². The molecular weight excluding hydrogens is 224 g/mol. The normalized spacial score (nSPS) is 12.3. The number of aromatic amines is 1. The molecule has 0 aliphatic heterocycles. The Morgan fingerprint density at radius 2 is 1.88 bits per heavy atom. The third-order valence-corrected chi connectivity index (χ3v) is 2.36. The number of rotatable bonds is 2. The number of hydrogen-bond acceptors (Lipinski definition) is 2. The summed E-state index contributed by atoms with van der Waals surface area (Å²) in [5, 5.41) is 3.25. The summed E-state index contributed by atoms with van der Waals surface area (Å²) in [5.74, 6) is -1.07. The first-order valence-corrected chi connectivity index (χ1v) is 5.44. The van der Waals surface area contributed by atoms with Gasteiger partial charge in [0.05, 0.1) is 17.6 Å². The fourth-order valence-corrected chi connectivity index (χ4v) is 1.49. The van der Waals surface area contributed by atoms with Crippen LogP contribution in [0.2, 0.25) is 0 Å². The zero-order valence-electron chi connectivity index (χ0n) is 10.1. The summed E-state index contributed by atoms with van der Waals surface area (Å²) in [7, 11) is 0. The van der Waals surface area contributed by atoms with Gasteiger partial charge in [-0.2, -0.15) is 0 Å². The predicted octanol–water partition coefficient (Wildman–Crippen LogP) is 2.73. The number of benzene rings is 1. The lowest BCUT2D eigenvalue weighted by molar-refractivity contribution is 0.419. The molecule has 0 atom stereocenters. The van der Waals surface area contributed by atoms with Gasteiger partial charge in [0.25, 0.3) is 0 Å². The summed E-state index contributed by atoms with van der Waals surface area (Å²) < 4.78 is 26.0. The predicted molar refractivity (Wildman–Crippen MR) is 62.6 cm³/mol. The van der Waals surface area contributed by atoms with Gasteiger partial charge in [-0.1, -0.05) is 0 Å². The van der Waals surface area contributed by atoms with Gasteiger partial charge >= 0.3 is 0 Å². The number of H-pyrrole nitrogens is 1. The van der Waals surface area contributed by atoms with Gasteiger partial charge in [-0.15, -0.1) is 0 Å². The molecular formula is C12H15F2N3. The maximum absolute atomic E-state index is 13.0. The average molecular weight is 239 g/mol. The van der Waals surface area contributed by atoms with E-state index in [0.717, 1.165) is 12.1 Å². The molecule has 0 aliphatic rings. The Kier molecular flexibility index (Phi) is 2.87. The van der Waals surface area contributed by atoms with Crippen LogP contribution in [0.15, 0.2) is 12.1 Å². The Morgan fingerprint density at radius 3 is 2.53 bits per heavy atom. The van der Waals surface area contributed by atoms with E-state index in [4.69, 9.17) is 0 Å². The van der Waals surface area contributed by atoms with Crippen molar-refractivity contribution in [2.24, 2.45) is 0 Å². The highest BCUT2D eigenvalue weighted by Crippen LogP contribution is 2.16. The van der Waals surface area contributed by atoms with E-state index in [1.807, 2.05) is 20.8 Å². The van der Waals surface area contributed by atoms with Crippen LogP contribution in [0.3, 0.4) is 0 Å². The number of hydrogen-bond donors (Lipinski definition) is 2. The van der Waals surface area contributed by atoms with Crippen molar-refractivity contribution in [3.8, 4) is 0 Å². The molecule has 2 N–H and O–H groups in total. The second-order valence-electron chi connectivity index (χ2n) is 5.07. The monoisotopic (exact) mass is 239 g/mol. The highest BCUT2D eigenvalue weighted by Gasteiger charge is 2.12. The molecule has 0 saturated carbocycles. The molecule has 0 aliphatic carbocycles. The Bertz CT molecular complexity index is 501. The zero-order valence-corrected chi connectivity index (χ0v) is 10.1. The fraction of sp³-hybridized carbons (Fsp3) is 0.417. The Labute approximate surface area is 98.2 Å². The van der Waals surface area contributed by atoms with Crippen LogP contribution in [0.25, 0.3) is 11.0 Å². The summed E-state index contributed by atoms with van der Waals surface area (Å²) in [6.07, 6.45) is 0. The molecule has 1 heterocycles. The highest BCUT2D eigenvalue weighted by atomic mass is 19.2. The van der Waals surface area contributed by atoms with Crippen molar-refractivity contribution in [2.75, 3.05) is 0 Å². The lowest BCUT2D eigenvalue weighted by atomic mass is 10.1. The first kappa shape index (κ1) is 12.0.